The van der Waals surface area contributed by atoms with Gasteiger partial charge in [0.25, 0.3) is 0 Å². The van der Waals surface area contributed by atoms with Crippen molar-refractivity contribution in [1.29, 1.82) is 0 Å². The first-order valence-electron chi connectivity index (χ1n) is 6.02. The third-order valence-electron chi connectivity index (χ3n) is 3.27. The second kappa shape index (κ2) is 4.30. The number of benzene rings is 1. The lowest BCUT2D eigenvalue weighted by Crippen LogP contribution is -2.44. The van der Waals surface area contributed by atoms with Gasteiger partial charge in [-0.2, -0.15) is 0 Å². The second-order valence-corrected chi connectivity index (χ2v) is 4.40. The molecule has 1 aromatic carbocycles. The number of aromatic nitrogens is 2. The van der Waals surface area contributed by atoms with Crippen molar-refractivity contribution in [3.8, 4) is 0 Å². The highest BCUT2D eigenvalue weighted by molar-refractivity contribution is 5.92. The molecule has 0 amide bonds. The molecule has 3 rings (SSSR count). The van der Waals surface area contributed by atoms with E-state index in [4.69, 9.17) is 0 Å². The highest BCUT2D eigenvalue weighted by Gasteiger charge is 2.15. The van der Waals surface area contributed by atoms with Gasteiger partial charge in [0, 0.05) is 31.6 Å². The smallest absolute Gasteiger partial charge is 0.140 e. The van der Waals surface area contributed by atoms with Crippen LogP contribution in [0.5, 0.6) is 0 Å². The van der Waals surface area contributed by atoms with Gasteiger partial charge in [0.1, 0.15) is 12.1 Å². The van der Waals surface area contributed by atoms with Crippen LogP contribution in [0, 0.1) is 6.92 Å². The van der Waals surface area contributed by atoms with Gasteiger partial charge in [-0.15, -0.1) is 0 Å². The van der Waals surface area contributed by atoms with E-state index in [0.717, 1.165) is 37.5 Å². The Labute approximate surface area is 101 Å². The summed E-state index contributed by atoms with van der Waals surface area (Å²) in [5, 5.41) is 4.55. The second-order valence-electron chi connectivity index (χ2n) is 4.40. The molecule has 17 heavy (non-hydrogen) atoms. The molecule has 2 heterocycles. The van der Waals surface area contributed by atoms with Crippen LogP contribution in [-0.2, 0) is 0 Å². The minimum absolute atomic E-state index is 1.01. The molecule has 1 aromatic heterocycles. The normalized spacial score (nSPS) is 16.4. The molecular formula is C13H16N4. The van der Waals surface area contributed by atoms with Gasteiger partial charge < -0.3 is 10.2 Å². The van der Waals surface area contributed by atoms with Gasteiger partial charge in [0.2, 0.25) is 0 Å². The lowest BCUT2D eigenvalue weighted by atomic mass is 10.1. The first kappa shape index (κ1) is 10.5. The van der Waals surface area contributed by atoms with Crippen LogP contribution in [0.25, 0.3) is 10.9 Å². The molecule has 0 atom stereocenters. The van der Waals surface area contributed by atoms with Crippen molar-refractivity contribution in [1.82, 2.24) is 15.3 Å². The predicted octanol–water partition coefficient (Wildman–Crippen LogP) is 1.35. The number of hydrogen-bond acceptors (Lipinski definition) is 4. The number of rotatable bonds is 1. The van der Waals surface area contributed by atoms with Crippen molar-refractivity contribution < 1.29 is 0 Å². The zero-order valence-electron chi connectivity index (χ0n) is 9.98. The number of nitrogens with one attached hydrogen (secondary N) is 1. The first-order valence-corrected chi connectivity index (χ1v) is 6.02. The molecule has 1 N–H and O–H groups in total. The largest absolute Gasteiger partial charge is 0.353 e. The Kier molecular flexibility index (Phi) is 2.65. The van der Waals surface area contributed by atoms with Crippen molar-refractivity contribution in [2.75, 3.05) is 31.1 Å². The van der Waals surface area contributed by atoms with Crippen molar-refractivity contribution in [2.24, 2.45) is 0 Å². The molecule has 88 valence electrons. The molecule has 0 spiro atoms. The SMILES string of the molecule is Cc1cccc2ncnc(N3CCNCC3)c12. The topological polar surface area (TPSA) is 41.1 Å². The zero-order valence-corrected chi connectivity index (χ0v) is 9.98. The van der Waals surface area contributed by atoms with E-state index < -0.39 is 0 Å². The lowest BCUT2D eigenvalue weighted by molar-refractivity contribution is 0.586. The van der Waals surface area contributed by atoms with E-state index in [1.165, 1.54) is 10.9 Å². The third-order valence-corrected chi connectivity index (χ3v) is 3.27. The van der Waals surface area contributed by atoms with Gasteiger partial charge in [-0.1, -0.05) is 12.1 Å². The molecule has 4 nitrogen and oxygen atoms in total. The lowest BCUT2D eigenvalue weighted by Gasteiger charge is -2.29. The molecular weight excluding hydrogens is 212 g/mol. The van der Waals surface area contributed by atoms with Crippen molar-refractivity contribution in [3.05, 3.63) is 30.1 Å². The fourth-order valence-electron chi connectivity index (χ4n) is 2.38. The summed E-state index contributed by atoms with van der Waals surface area (Å²) in [7, 11) is 0. The van der Waals surface area contributed by atoms with Crippen molar-refractivity contribution in [2.45, 2.75) is 6.92 Å². The predicted molar refractivity (Wildman–Crippen MR) is 69.4 cm³/mol. The summed E-state index contributed by atoms with van der Waals surface area (Å²) in [5.41, 5.74) is 2.28. The Morgan fingerprint density at radius 2 is 2.00 bits per heavy atom. The highest BCUT2D eigenvalue weighted by atomic mass is 15.2. The average Bonchev–Trinajstić information content (AvgIpc) is 2.39. The van der Waals surface area contributed by atoms with E-state index >= 15 is 0 Å². The molecule has 1 fully saturated rings. The Hall–Kier alpha value is -1.68. The molecule has 0 saturated carbocycles. The van der Waals surface area contributed by atoms with Crippen LogP contribution in [0.1, 0.15) is 5.56 Å². The summed E-state index contributed by atoms with van der Waals surface area (Å²) in [4.78, 5) is 11.2. The summed E-state index contributed by atoms with van der Waals surface area (Å²) >= 11 is 0. The first-order chi connectivity index (χ1) is 8.36. The molecule has 0 radical (unpaired) electrons. The van der Waals surface area contributed by atoms with Crippen LogP contribution in [0.3, 0.4) is 0 Å². The molecule has 4 heteroatoms. The fraction of sp³-hybridized carbons (Fsp3) is 0.385. The Balaban J connectivity index is 2.14. The van der Waals surface area contributed by atoms with Crippen LogP contribution in [0.4, 0.5) is 5.82 Å². The minimum Gasteiger partial charge on any atom is -0.353 e. The van der Waals surface area contributed by atoms with E-state index in [1.54, 1.807) is 6.33 Å². The van der Waals surface area contributed by atoms with Gasteiger partial charge in [0.05, 0.1) is 5.52 Å². The molecule has 1 aliphatic heterocycles. The standard InChI is InChI=1S/C13H16N4/c1-10-3-2-4-11-12(10)13(16-9-15-11)17-7-5-14-6-8-17/h2-4,9,14H,5-8H2,1H3. The van der Waals surface area contributed by atoms with Crippen LogP contribution in [0.2, 0.25) is 0 Å². The molecule has 0 bridgehead atoms. The number of aryl methyl sites for hydroxylation is 1. The Morgan fingerprint density at radius 3 is 2.82 bits per heavy atom. The molecule has 1 aliphatic rings. The number of fused-ring (bicyclic) bond motifs is 1. The van der Waals surface area contributed by atoms with Crippen LogP contribution >= 0.6 is 0 Å². The van der Waals surface area contributed by atoms with Gasteiger partial charge >= 0.3 is 0 Å². The van der Waals surface area contributed by atoms with Crippen molar-refractivity contribution >= 4 is 16.7 Å². The monoisotopic (exact) mass is 228 g/mol. The fourth-order valence-corrected chi connectivity index (χ4v) is 2.38. The number of hydrogen-bond donors (Lipinski definition) is 1. The average molecular weight is 228 g/mol. The van der Waals surface area contributed by atoms with Gasteiger partial charge in [-0.3, -0.25) is 0 Å². The van der Waals surface area contributed by atoms with E-state index in [2.05, 4.69) is 39.2 Å². The number of piperazine rings is 1. The van der Waals surface area contributed by atoms with Crippen molar-refractivity contribution in [3.63, 3.8) is 0 Å². The van der Waals surface area contributed by atoms with E-state index in [9.17, 15) is 0 Å². The quantitative estimate of drug-likeness (QED) is 0.800. The number of nitrogens with zero attached hydrogens (tertiary/aromatic N) is 3. The summed E-state index contributed by atoms with van der Waals surface area (Å²) in [6, 6.07) is 6.22. The summed E-state index contributed by atoms with van der Waals surface area (Å²) in [6.07, 6.45) is 1.67. The Morgan fingerprint density at radius 1 is 1.18 bits per heavy atom. The Bertz CT molecular complexity index is 527. The maximum atomic E-state index is 4.48. The van der Waals surface area contributed by atoms with E-state index in [0.29, 0.717) is 0 Å². The van der Waals surface area contributed by atoms with Crippen LogP contribution in [0.15, 0.2) is 24.5 Å². The van der Waals surface area contributed by atoms with Gasteiger partial charge in [-0.05, 0) is 18.6 Å². The van der Waals surface area contributed by atoms with Crippen LogP contribution in [-0.4, -0.2) is 36.1 Å². The minimum atomic E-state index is 1.01. The summed E-state index contributed by atoms with van der Waals surface area (Å²) < 4.78 is 0. The van der Waals surface area contributed by atoms with Gasteiger partial charge in [0.15, 0.2) is 0 Å². The van der Waals surface area contributed by atoms with E-state index in [-0.39, 0.29) is 0 Å². The zero-order chi connectivity index (χ0) is 11.7. The molecule has 0 unspecified atom stereocenters. The highest BCUT2D eigenvalue weighted by Crippen LogP contribution is 2.25. The third kappa shape index (κ3) is 1.85. The number of anilines is 1. The van der Waals surface area contributed by atoms with E-state index in [1.807, 2.05) is 6.07 Å². The molecule has 2 aromatic rings. The van der Waals surface area contributed by atoms with Crippen LogP contribution < -0.4 is 10.2 Å². The molecule has 0 aliphatic carbocycles. The molecule has 1 saturated heterocycles. The maximum absolute atomic E-state index is 4.48. The van der Waals surface area contributed by atoms with Gasteiger partial charge in [-0.25, -0.2) is 9.97 Å². The summed E-state index contributed by atoms with van der Waals surface area (Å²) in [6.45, 7) is 6.20. The maximum Gasteiger partial charge on any atom is 0.140 e. The summed E-state index contributed by atoms with van der Waals surface area (Å²) in [5.74, 6) is 1.08.